The Hall–Kier alpha value is -3.14. The highest BCUT2D eigenvalue weighted by atomic mass is 32.1. The van der Waals surface area contributed by atoms with E-state index in [0.29, 0.717) is 6.54 Å². The summed E-state index contributed by atoms with van der Waals surface area (Å²) in [4.78, 5) is 26.2. The van der Waals surface area contributed by atoms with Gasteiger partial charge in [-0.2, -0.15) is 11.3 Å². The summed E-state index contributed by atoms with van der Waals surface area (Å²) in [5, 5.41) is 14.2. The second-order valence-corrected chi connectivity index (χ2v) is 8.32. The van der Waals surface area contributed by atoms with Crippen LogP contribution in [0.1, 0.15) is 28.0 Å². The number of halogens is 2. The van der Waals surface area contributed by atoms with Gasteiger partial charge < -0.3 is 10.2 Å². The first kappa shape index (κ1) is 21.1. The molecular weight excluding hydrogens is 424 g/mol. The molecule has 162 valence electrons. The molecule has 0 radical (unpaired) electrons. The molecule has 0 unspecified atom stereocenters. The molecule has 0 aliphatic carbocycles. The van der Waals surface area contributed by atoms with E-state index in [1.165, 1.54) is 27.1 Å². The molecule has 2 amide bonds. The molecule has 0 saturated carbocycles. The zero-order chi connectivity index (χ0) is 21.8. The summed E-state index contributed by atoms with van der Waals surface area (Å²) >= 11 is 1.46. The number of alkyl halides is 2. The third-order valence-corrected chi connectivity index (χ3v) is 5.83. The van der Waals surface area contributed by atoms with E-state index in [0.717, 1.165) is 11.1 Å². The van der Waals surface area contributed by atoms with Crippen LogP contribution in [0.2, 0.25) is 0 Å². The van der Waals surface area contributed by atoms with Crippen LogP contribution < -0.4 is 5.32 Å². The van der Waals surface area contributed by atoms with Crippen molar-refractivity contribution in [1.29, 1.82) is 0 Å². The van der Waals surface area contributed by atoms with Gasteiger partial charge in [0.25, 0.3) is 11.8 Å². The largest absolute Gasteiger partial charge is 0.347 e. The van der Waals surface area contributed by atoms with Crippen LogP contribution in [0, 0.1) is 0 Å². The average Bonchev–Trinajstić information content (AvgIpc) is 3.48. The number of hydrogen-bond acceptors (Lipinski definition) is 5. The Labute approximate surface area is 181 Å². The highest BCUT2D eigenvalue weighted by molar-refractivity contribution is 7.08. The Bertz CT molecular complexity index is 1040. The van der Waals surface area contributed by atoms with Crippen molar-refractivity contribution in [2.75, 3.05) is 6.54 Å². The van der Waals surface area contributed by atoms with Crippen LogP contribution in [0.3, 0.4) is 0 Å². The maximum absolute atomic E-state index is 14.1. The molecule has 0 bridgehead atoms. The van der Waals surface area contributed by atoms with Crippen LogP contribution in [0.25, 0.3) is 0 Å². The molecule has 1 aromatic carbocycles. The lowest BCUT2D eigenvalue weighted by Crippen LogP contribution is -2.39. The third-order valence-electron chi connectivity index (χ3n) is 5.10. The highest BCUT2D eigenvalue weighted by Crippen LogP contribution is 2.33. The van der Waals surface area contributed by atoms with Crippen LogP contribution in [-0.4, -0.2) is 50.2 Å². The number of nitrogens with zero attached hydrogens (tertiary/aromatic N) is 4. The first-order valence-electron chi connectivity index (χ1n) is 9.80. The maximum Gasteiger partial charge on any atom is 0.273 e. The fourth-order valence-corrected chi connectivity index (χ4v) is 4.27. The van der Waals surface area contributed by atoms with Crippen LogP contribution in [-0.2, 0) is 24.3 Å². The maximum atomic E-state index is 14.1. The molecule has 7 nitrogen and oxygen atoms in total. The summed E-state index contributed by atoms with van der Waals surface area (Å²) in [7, 11) is 0. The predicted molar refractivity (Wildman–Crippen MR) is 111 cm³/mol. The lowest BCUT2D eigenvalue weighted by molar-refractivity contribution is -0.132. The Morgan fingerprint density at radius 2 is 2.00 bits per heavy atom. The van der Waals surface area contributed by atoms with E-state index in [1.807, 2.05) is 47.2 Å². The molecule has 1 N–H and O–H groups in total. The quantitative estimate of drug-likeness (QED) is 0.607. The second kappa shape index (κ2) is 8.93. The number of benzene rings is 1. The standard InChI is InChI=1S/C21H21F2N5O2S/c22-21(23)9-17(28(14-21)19(29)8-16-6-7-31-13-16)11-27-12-18(25-26-27)20(30)24-10-15-4-2-1-3-5-15/h1-7,12-13,17H,8-11,14H2,(H,24,30)/t17-/m0/s1. The Balaban J connectivity index is 1.38. The van der Waals surface area contributed by atoms with Gasteiger partial charge in [-0.05, 0) is 28.0 Å². The fraction of sp³-hybridized carbons (Fsp3) is 0.333. The van der Waals surface area contributed by atoms with Gasteiger partial charge in [0.2, 0.25) is 5.91 Å². The van der Waals surface area contributed by atoms with Crippen molar-refractivity contribution in [3.63, 3.8) is 0 Å². The van der Waals surface area contributed by atoms with E-state index in [2.05, 4.69) is 15.6 Å². The third kappa shape index (κ3) is 5.32. The van der Waals surface area contributed by atoms with Gasteiger partial charge in [-0.15, -0.1) is 5.10 Å². The van der Waals surface area contributed by atoms with Crippen molar-refractivity contribution in [2.45, 2.75) is 37.9 Å². The van der Waals surface area contributed by atoms with Gasteiger partial charge in [0.05, 0.1) is 31.7 Å². The molecule has 2 aromatic heterocycles. The van der Waals surface area contributed by atoms with E-state index in [4.69, 9.17) is 0 Å². The topological polar surface area (TPSA) is 80.1 Å². The molecule has 1 aliphatic rings. The lowest BCUT2D eigenvalue weighted by Gasteiger charge is -2.23. The second-order valence-electron chi connectivity index (χ2n) is 7.54. The van der Waals surface area contributed by atoms with E-state index >= 15 is 0 Å². The highest BCUT2D eigenvalue weighted by Gasteiger charge is 2.47. The van der Waals surface area contributed by atoms with E-state index in [1.54, 1.807) is 0 Å². The van der Waals surface area contributed by atoms with Crippen molar-refractivity contribution in [1.82, 2.24) is 25.2 Å². The van der Waals surface area contributed by atoms with Gasteiger partial charge in [-0.1, -0.05) is 35.5 Å². The molecule has 31 heavy (non-hydrogen) atoms. The summed E-state index contributed by atoms with van der Waals surface area (Å²) in [6.45, 7) is -0.226. The van der Waals surface area contributed by atoms with Gasteiger partial charge >= 0.3 is 0 Å². The molecule has 1 aliphatic heterocycles. The molecule has 1 saturated heterocycles. The first-order chi connectivity index (χ1) is 14.9. The zero-order valence-electron chi connectivity index (χ0n) is 16.6. The Morgan fingerprint density at radius 1 is 1.19 bits per heavy atom. The van der Waals surface area contributed by atoms with Crippen LogP contribution >= 0.6 is 11.3 Å². The monoisotopic (exact) mass is 445 g/mol. The minimum absolute atomic E-state index is 0.0456. The van der Waals surface area contributed by atoms with E-state index < -0.39 is 30.8 Å². The number of amides is 2. The minimum atomic E-state index is -2.95. The van der Waals surface area contributed by atoms with Crippen LogP contribution in [0.15, 0.2) is 53.4 Å². The average molecular weight is 445 g/mol. The molecule has 4 rings (SSSR count). The van der Waals surface area contributed by atoms with Crippen molar-refractivity contribution in [2.24, 2.45) is 0 Å². The summed E-state index contributed by atoms with van der Waals surface area (Å²) in [6.07, 6.45) is 1.05. The predicted octanol–water partition coefficient (Wildman–Crippen LogP) is 2.75. The smallest absolute Gasteiger partial charge is 0.273 e. The minimum Gasteiger partial charge on any atom is -0.347 e. The van der Waals surface area contributed by atoms with Crippen molar-refractivity contribution in [3.8, 4) is 0 Å². The number of thiophene rings is 1. The van der Waals surface area contributed by atoms with Gasteiger partial charge in [-0.3, -0.25) is 9.59 Å². The molecule has 3 aromatic rings. The van der Waals surface area contributed by atoms with Gasteiger partial charge in [0, 0.05) is 13.0 Å². The Kier molecular flexibility index (Phi) is 6.08. The van der Waals surface area contributed by atoms with Gasteiger partial charge in [-0.25, -0.2) is 13.5 Å². The SMILES string of the molecule is O=C(NCc1ccccc1)c1cn(C[C@@H]2CC(F)(F)CN2C(=O)Cc2ccsc2)nn1. The summed E-state index contributed by atoms with van der Waals surface area (Å²) in [5.41, 5.74) is 1.84. The number of nitrogens with one attached hydrogen (secondary N) is 1. The van der Waals surface area contributed by atoms with E-state index in [-0.39, 0.29) is 24.6 Å². The summed E-state index contributed by atoms with van der Waals surface area (Å²) in [6, 6.07) is 10.5. The first-order valence-corrected chi connectivity index (χ1v) is 10.7. The molecule has 1 atom stereocenters. The fourth-order valence-electron chi connectivity index (χ4n) is 3.60. The van der Waals surface area contributed by atoms with Crippen LogP contribution in [0.5, 0.6) is 0 Å². The number of carbonyl (C=O) groups excluding carboxylic acids is 2. The van der Waals surface area contributed by atoms with Crippen LogP contribution in [0.4, 0.5) is 8.78 Å². The van der Waals surface area contributed by atoms with Gasteiger partial charge in [0.15, 0.2) is 5.69 Å². The summed E-state index contributed by atoms with van der Waals surface area (Å²) < 4.78 is 29.5. The lowest BCUT2D eigenvalue weighted by atomic mass is 10.1. The molecule has 1 fully saturated rings. The Morgan fingerprint density at radius 3 is 2.74 bits per heavy atom. The van der Waals surface area contributed by atoms with Gasteiger partial charge in [0.1, 0.15) is 0 Å². The zero-order valence-corrected chi connectivity index (χ0v) is 17.4. The molecule has 3 heterocycles. The number of aromatic nitrogens is 3. The molecule has 10 heteroatoms. The number of carbonyl (C=O) groups is 2. The summed E-state index contributed by atoms with van der Waals surface area (Å²) in [5.74, 6) is -3.70. The number of hydrogen-bond donors (Lipinski definition) is 1. The molecular formula is C21H21F2N5O2S. The van der Waals surface area contributed by atoms with E-state index in [9.17, 15) is 18.4 Å². The van der Waals surface area contributed by atoms with Crippen molar-refractivity contribution < 1.29 is 18.4 Å². The molecule has 0 spiro atoms. The normalized spacial score (nSPS) is 17.6. The number of rotatable bonds is 7. The van der Waals surface area contributed by atoms with Crippen molar-refractivity contribution >= 4 is 23.2 Å². The van der Waals surface area contributed by atoms with Crippen molar-refractivity contribution in [3.05, 3.63) is 70.2 Å². The number of likely N-dealkylation sites (tertiary alicyclic amines) is 1.